The highest BCUT2D eigenvalue weighted by Gasteiger charge is 2.31. The van der Waals surface area contributed by atoms with E-state index in [1.54, 1.807) is 0 Å². The summed E-state index contributed by atoms with van der Waals surface area (Å²) in [6, 6.07) is 7.16. The predicted octanol–water partition coefficient (Wildman–Crippen LogP) is 0.886. The molecule has 4 rings (SSSR count). The molecule has 2 N–H and O–H groups in total. The number of hydrogen-bond donors (Lipinski definition) is 2. The Balaban J connectivity index is 1.60. The lowest BCUT2D eigenvalue weighted by molar-refractivity contribution is 0.0933. The third-order valence-electron chi connectivity index (χ3n) is 4.18. The van der Waals surface area contributed by atoms with Gasteiger partial charge in [-0.3, -0.25) is 9.89 Å². The highest BCUT2D eigenvalue weighted by atomic mass is 32.2. The monoisotopic (exact) mass is 333 g/mol. The SMILES string of the molecule is O=C(N[C@H]1CCS(=O)(=O)C1)c1[nH]nc2c1COc1ccccc1-2. The molecule has 1 amide bonds. The van der Waals surface area contributed by atoms with Crippen LogP contribution in [0.2, 0.25) is 0 Å². The van der Waals surface area contributed by atoms with E-state index in [9.17, 15) is 13.2 Å². The number of carbonyl (C=O) groups excluding carboxylic acids is 1. The van der Waals surface area contributed by atoms with Crippen molar-refractivity contribution in [3.63, 3.8) is 0 Å². The first-order valence-electron chi connectivity index (χ1n) is 7.34. The number of ether oxygens (including phenoxy) is 1. The number of aromatic nitrogens is 2. The smallest absolute Gasteiger partial charge is 0.269 e. The summed E-state index contributed by atoms with van der Waals surface area (Å²) in [5, 5.41) is 9.76. The number of amides is 1. The second kappa shape index (κ2) is 5.09. The maximum atomic E-state index is 12.4. The van der Waals surface area contributed by atoms with E-state index in [0.717, 1.165) is 11.3 Å². The number of benzene rings is 1. The zero-order valence-electron chi connectivity index (χ0n) is 12.2. The molecule has 0 bridgehead atoms. The molecule has 1 atom stereocenters. The van der Waals surface area contributed by atoms with Gasteiger partial charge in [0.25, 0.3) is 5.91 Å². The van der Waals surface area contributed by atoms with Crippen molar-refractivity contribution in [3.05, 3.63) is 35.5 Å². The minimum atomic E-state index is -3.03. The fourth-order valence-corrected chi connectivity index (χ4v) is 4.69. The van der Waals surface area contributed by atoms with E-state index >= 15 is 0 Å². The van der Waals surface area contributed by atoms with E-state index < -0.39 is 9.84 Å². The molecule has 2 aliphatic heterocycles. The summed E-state index contributed by atoms with van der Waals surface area (Å²) in [5.41, 5.74) is 2.57. The van der Waals surface area contributed by atoms with Crippen molar-refractivity contribution in [2.45, 2.75) is 19.1 Å². The molecule has 1 aromatic heterocycles. The molecule has 0 radical (unpaired) electrons. The van der Waals surface area contributed by atoms with Crippen molar-refractivity contribution in [1.82, 2.24) is 15.5 Å². The average Bonchev–Trinajstić information content (AvgIpc) is 3.10. The molecule has 1 aromatic carbocycles. The highest BCUT2D eigenvalue weighted by Crippen LogP contribution is 2.36. The zero-order chi connectivity index (χ0) is 16.0. The van der Waals surface area contributed by atoms with Crippen LogP contribution in [0.5, 0.6) is 5.75 Å². The molecule has 2 aromatic rings. The van der Waals surface area contributed by atoms with Crippen LogP contribution in [-0.4, -0.2) is 42.1 Å². The molecule has 1 fully saturated rings. The Bertz CT molecular complexity index is 888. The van der Waals surface area contributed by atoms with Gasteiger partial charge in [-0.15, -0.1) is 0 Å². The van der Waals surface area contributed by atoms with Gasteiger partial charge in [0.1, 0.15) is 23.7 Å². The van der Waals surface area contributed by atoms with Crippen LogP contribution in [0.3, 0.4) is 0 Å². The van der Waals surface area contributed by atoms with Gasteiger partial charge in [-0.25, -0.2) is 8.42 Å². The molecule has 0 saturated carbocycles. The van der Waals surface area contributed by atoms with Crippen LogP contribution < -0.4 is 10.1 Å². The van der Waals surface area contributed by atoms with Crippen molar-refractivity contribution in [1.29, 1.82) is 0 Å². The van der Waals surface area contributed by atoms with Crippen molar-refractivity contribution in [3.8, 4) is 17.0 Å². The number of rotatable bonds is 2. The second-order valence-corrected chi connectivity index (χ2v) is 8.01. The maximum Gasteiger partial charge on any atom is 0.269 e. The number of carbonyl (C=O) groups is 1. The first kappa shape index (κ1) is 14.3. The van der Waals surface area contributed by atoms with E-state index in [1.165, 1.54) is 0 Å². The van der Waals surface area contributed by atoms with Crippen LogP contribution in [0.4, 0.5) is 0 Å². The number of hydrogen-bond acceptors (Lipinski definition) is 5. The summed E-state index contributed by atoms with van der Waals surface area (Å²) in [6.45, 7) is 0.258. The van der Waals surface area contributed by atoms with Crippen LogP contribution in [0.1, 0.15) is 22.5 Å². The molecule has 8 heteroatoms. The van der Waals surface area contributed by atoms with Gasteiger partial charge in [0.15, 0.2) is 9.84 Å². The molecule has 3 heterocycles. The lowest BCUT2D eigenvalue weighted by Crippen LogP contribution is -2.36. The third-order valence-corrected chi connectivity index (χ3v) is 5.94. The van der Waals surface area contributed by atoms with Gasteiger partial charge < -0.3 is 10.1 Å². The number of nitrogens with zero attached hydrogens (tertiary/aromatic N) is 1. The number of aromatic amines is 1. The standard InChI is InChI=1S/C15H15N3O4S/c19-15(16-9-5-6-23(20,21)8-9)14-11-7-22-12-4-2-1-3-10(12)13(11)17-18-14/h1-4,9H,5-8H2,(H,16,19)(H,17,18)/t9-/m0/s1. The molecule has 1 saturated heterocycles. The van der Waals surface area contributed by atoms with Gasteiger partial charge in [-0.2, -0.15) is 5.10 Å². The first-order chi connectivity index (χ1) is 11.0. The lowest BCUT2D eigenvalue weighted by Gasteiger charge is -2.17. The molecule has 0 aliphatic carbocycles. The maximum absolute atomic E-state index is 12.4. The molecule has 7 nitrogen and oxygen atoms in total. The van der Waals surface area contributed by atoms with E-state index in [-0.39, 0.29) is 30.1 Å². The van der Waals surface area contributed by atoms with Crippen molar-refractivity contribution in [2.24, 2.45) is 0 Å². The topological polar surface area (TPSA) is 101 Å². The molecule has 23 heavy (non-hydrogen) atoms. The minimum absolute atomic E-state index is 0.00555. The van der Waals surface area contributed by atoms with Crippen molar-refractivity contribution >= 4 is 15.7 Å². The first-order valence-corrected chi connectivity index (χ1v) is 9.16. The van der Waals surface area contributed by atoms with Gasteiger partial charge in [0.05, 0.1) is 11.5 Å². The summed E-state index contributed by atoms with van der Waals surface area (Å²) < 4.78 is 28.6. The van der Waals surface area contributed by atoms with Crippen LogP contribution >= 0.6 is 0 Å². The van der Waals surface area contributed by atoms with Crippen LogP contribution in [0.25, 0.3) is 11.3 Å². The Hall–Kier alpha value is -2.35. The Labute approximate surface area is 133 Å². The Morgan fingerprint density at radius 2 is 2.17 bits per heavy atom. The summed E-state index contributed by atoms with van der Waals surface area (Å²) in [4.78, 5) is 12.4. The van der Waals surface area contributed by atoms with Gasteiger partial charge >= 0.3 is 0 Å². The van der Waals surface area contributed by atoms with Crippen molar-refractivity contribution < 1.29 is 17.9 Å². The number of nitrogens with one attached hydrogen (secondary N) is 2. The molecule has 0 spiro atoms. The molecular formula is C15H15N3O4S. The number of para-hydroxylation sites is 1. The van der Waals surface area contributed by atoms with E-state index in [1.807, 2.05) is 24.3 Å². The Kier molecular flexibility index (Phi) is 3.15. The Morgan fingerprint density at radius 1 is 1.35 bits per heavy atom. The van der Waals surface area contributed by atoms with Gasteiger partial charge in [0.2, 0.25) is 0 Å². The zero-order valence-corrected chi connectivity index (χ0v) is 13.0. The largest absolute Gasteiger partial charge is 0.488 e. The van der Waals surface area contributed by atoms with Crippen molar-refractivity contribution in [2.75, 3.05) is 11.5 Å². The van der Waals surface area contributed by atoms with Gasteiger partial charge in [-0.1, -0.05) is 12.1 Å². The molecular weight excluding hydrogens is 318 g/mol. The summed E-state index contributed by atoms with van der Waals surface area (Å²) in [7, 11) is -3.03. The summed E-state index contributed by atoms with van der Waals surface area (Å²) in [6.07, 6.45) is 0.448. The van der Waals surface area contributed by atoms with Gasteiger partial charge in [0, 0.05) is 17.2 Å². The fraction of sp³-hybridized carbons (Fsp3) is 0.333. The minimum Gasteiger partial charge on any atom is -0.488 e. The second-order valence-electron chi connectivity index (χ2n) is 5.78. The van der Waals surface area contributed by atoms with Crippen LogP contribution in [0, 0.1) is 0 Å². The predicted molar refractivity (Wildman–Crippen MR) is 82.9 cm³/mol. The van der Waals surface area contributed by atoms with E-state index in [2.05, 4.69) is 15.5 Å². The number of sulfone groups is 1. The summed E-state index contributed by atoms with van der Waals surface area (Å²) in [5.74, 6) is 0.508. The normalized spacial score (nSPS) is 21.1. The molecule has 120 valence electrons. The third kappa shape index (κ3) is 2.48. The molecule has 0 unspecified atom stereocenters. The van der Waals surface area contributed by atoms with E-state index in [4.69, 9.17) is 4.74 Å². The number of H-pyrrole nitrogens is 1. The number of fused-ring (bicyclic) bond motifs is 3. The average molecular weight is 333 g/mol. The quantitative estimate of drug-likeness (QED) is 0.850. The van der Waals surface area contributed by atoms with Crippen LogP contribution in [0.15, 0.2) is 24.3 Å². The Morgan fingerprint density at radius 3 is 2.96 bits per heavy atom. The summed E-state index contributed by atoms with van der Waals surface area (Å²) >= 11 is 0. The van der Waals surface area contributed by atoms with E-state index in [0.29, 0.717) is 23.4 Å². The molecule has 2 aliphatic rings. The van der Waals surface area contributed by atoms with Crippen LogP contribution in [-0.2, 0) is 16.4 Å². The highest BCUT2D eigenvalue weighted by molar-refractivity contribution is 7.91. The lowest BCUT2D eigenvalue weighted by atomic mass is 10.0. The van der Waals surface area contributed by atoms with Gasteiger partial charge in [-0.05, 0) is 18.6 Å². The fourth-order valence-electron chi connectivity index (χ4n) is 3.02.